The molecule has 0 amide bonds. The van der Waals surface area contributed by atoms with E-state index in [9.17, 15) is 9.59 Å². The van der Waals surface area contributed by atoms with E-state index < -0.39 is 5.97 Å². The van der Waals surface area contributed by atoms with Crippen LogP contribution < -0.4 is 10.3 Å². The van der Waals surface area contributed by atoms with Crippen molar-refractivity contribution in [1.29, 1.82) is 0 Å². The number of aromatic nitrogens is 2. The molecule has 2 aromatic carbocycles. The molecule has 0 aliphatic carbocycles. The molecule has 0 bridgehead atoms. The molecule has 3 aromatic rings. The molecule has 0 saturated carbocycles. The van der Waals surface area contributed by atoms with Gasteiger partial charge < -0.3 is 9.84 Å². The molecule has 0 fully saturated rings. The van der Waals surface area contributed by atoms with E-state index in [1.807, 2.05) is 13.0 Å². The van der Waals surface area contributed by atoms with Gasteiger partial charge in [-0.15, -0.1) is 0 Å². The predicted octanol–water partition coefficient (Wildman–Crippen LogP) is 3.35. The summed E-state index contributed by atoms with van der Waals surface area (Å²) in [5.41, 5.74) is 1.07. The Morgan fingerprint density at radius 3 is 2.62 bits per heavy atom. The van der Waals surface area contributed by atoms with Gasteiger partial charge in [0.2, 0.25) is 0 Å². The lowest BCUT2D eigenvalue weighted by molar-refractivity contribution is -0.136. The van der Waals surface area contributed by atoms with E-state index in [2.05, 4.69) is 4.98 Å². The highest BCUT2D eigenvalue weighted by Crippen LogP contribution is 2.23. The lowest BCUT2D eigenvalue weighted by Gasteiger charge is -2.13. The smallest absolute Gasteiger partial charge is 0.304 e. The summed E-state index contributed by atoms with van der Waals surface area (Å²) >= 11 is 1.25. The molecule has 0 unspecified atom stereocenters. The zero-order valence-corrected chi connectivity index (χ0v) is 15.0. The van der Waals surface area contributed by atoms with Gasteiger partial charge in [0.25, 0.3) is 5.56 Å². The van der Waals surface area contributed by atoms with Crippen LogP contribution >= 0.6 is 11.8 Å². The van der Waals surface area contributed by atoms with Crippen LogP contribution in [0.2, 0.25) is 0 Å². The van der Waals surface area contributed by atoms with Gasteiger partial charge in [0.15, 0.2) is 5.16 Å². The van der Waals surface area contributed by atoms with E-state index >= 15 is 0 Å². The second kappa shape index (κ2) is 8.05. The maximum atomic E-state index is 13.0. The van der Waals surface area contributed by atoms with Gasteiger partial charge in [0, 0.05) is 5.75 Å². The van der Waals surface area contributed by atoms with Crippen LogP contribution in [0.25, 0.3) is 16.6 Å². The zero-order valence-electron chi connectivity index (χ0n) is 14.2. The number of para-hydroxylation sites is 1. The first-order chi connectivity index (χ1) is 12.6. The highest BCUT2D eigenvalue weighted by atomic mass is 32.2. The molecule has 1 N–H and O–H groups in total. The van der Waals surface area contributed by atoms with Crippen LogP contribution in [-0.2, 0) is 4.79 Å². The van der Waals surface area contributed by atoms with E-state index in [4.69, 9.17) is 9.84 Å². The summed E-state index contributed by atoms with van der Waals surface area (Å²) in [7, 11) is 0. The largest absolute Gasteiger partial charge is 0.494 e. The molecule has 134 valence electrons. The molecule has 3 rings (SSSR count). The van der Waals surface area contributed by atoms with Gasteiger partial charge in [-0.05, 0) is 43.3 Å². The number of rotatable bonds is 7. The number of hydrogen-bond acceptors (Lipinski definition) is 5. The molecule has 26 heavy (non-hydrogen) atoms. The van der Waals surface area contributed by atoms with Crippen molar-refractivity contribution in [2.24, 2.45) is 0 Å². The maximum Gasteiger partial charge on any atom is 0.304 e. The third-order valence-electron chi connectivity index (χ3n) is 3.70. The van der Waals surface area contributed by atoms with Crippen LogP contribution in [0, 0.1) is 0 Å². The highest BCUT2D eigenvalue weighted by Gasteiger charge is 2.14. The summed E-state index contributed by atoms with van der Waals surface area (Å²) in [6, 6.07) is 14.3. The van der Waals surface area contributed by atoms with Crippen molar-refractivity contribution in [2.75, 3.05) is 12.4 Å². The third kappa shape index (κ3) is 3.88. The average Bonchev–Trinajstić information content (AvgIpc) is 2.63. The molecule has 0 atom stereocenters. The molecule has 0 spiro atoms. The van der Waals surface area contributed by atoms with Crippen molar-refractivity contribution in [1.82, 2.24) is 9.55 Å². The van der Waals surface area contributed by atoms with Crippen LogP contribution in [-0.4, -0.2) is 33.0 Å². The summed E-state index contributed by atoms with van der Waals surface area (Å²) in [6.07, 6.45) is -0.00333. The van der Waals surface area contributed by atoms with Crippen LogP contribution in [0.3, 0.4) is 0 Å². The quantitative estimate of drug-likeness (QED) is 0.507. The summed E-state index contributed by atoms with van der Waals surface area (Å²) < 4.78 is 6.96. The number of hydrogen-bond donors (Lipinski definition) is 1. The lowest BCUT2D eigenvalue weighted by Crippen LogP contribution is -2.22. The van der Waals surface area contributed by atoms with Gasteiger partial charge in [-0.1, -0.05) is 23.9 Å². The van der Waals surface area contributed by atoms with Crippen molar-refractivity contribution in [3.63, 3.8) is 0 Å². The Hall–Kier alpha value is -2.80. The van der Waals surface area contributed by atoms with E-state index in [-0.39, 0.29) is 12.0 Å². The molecule has 1 heterocycles. The Morgan fingerprint density at radius 2 is 1.92 bits per heavy atom. The molecular weight excluding hydrogens is 352 g/mol. The Morgan fingerprint density at radius 1 is 1.19 bits per heavy atom. The molecule has 0 saturated heterocycles. The molecule has 1 aromatic heterocycles. The van der Waals surface area contributed by atoms with Gasteiger partial charge in [-0.25, -0.2) is 4.98 Å². The van der Waals surface area contributed by atoms with Crippen LogP contribution in [0.15, 0.2) is 58.5 Å². The van der Waals surface area contributed by atoms with Crippen LogP contribution in [0.5, 0.6) is 5.75 Å². The predicted molar refractivity (Wildman–Crippen MR) is 101 cm³/mol. The fraction of sp³-hybridized carbons (Fsp3) is 0.211. The van der Waals surface area contributed by atoms with Crippen molar-refractivity contribution in [3.8, 4) is 11.4 Å². The van der Waals surface area contributed by atoms with Gasteiger partial charge in [-0.2, -0.15) is 0 Å². The molecule has 6 nitrogen and oxygen atoms in total. The third-order valence-corrected chi connectivity index (χ3v) is 4.64. The maximum absolute atomic E-state index is 13.0. The van der Waals surface area contributed by atoms with Gasteiger partial charge in [-0.3, -0.25) is 14.2 Å². The van der Waals surface area contributed by atoms with E-state index in [0.29, 0.717) is 34.1 Å². The van der Waals surface area contributed by atoms with Crippen molar-refractivity contribution in [3.05, 3.63) is 58.9 Å². The Balaban J connectivity index is 2.09. The molecule has 7 heteroatoms. The Kier molecular flexibility index (Phi) is 5.58. The van der Waals surface area contributed by atoms with Gasteiger partial charge in [0.05, 0.1) is 29.6 Å². The minimum absolute atomic E-state index is 0.00333. The van der Waals surface area contributed by atoms with Crippen molar-refractivity contribution in [2.45, 2.75) is 18.5 Å². The summed E-state index contributed by atoms with van der Waals surface area (Å²) in [4.78, 5) is 28.4. The fourth-order valence-electron chi connectivity index (χ4n) is 2.52. The highest BCUT2D eigenvalue weighted by molar-refractivity contribution is 7.99. The van der Waals surface area contributed by atoms with Gasteiger partial charge in [0.1, 0.15) is 5.75 Å². The van der Waals surface area contributed by atoms with E-state index in [1.54, 1.807) is 42.5 Å². The minimum atomic E-state index is -0.881. The Labute approximate surface area is 154 Å². The van der Waals surface area contributed by atoms with E-state index in [0.717, 1.165) is 5.75 Å². The summed E-state index contributed by atoms with van der Waals surface area (Å²) in [6.45, 7) is 2.47. The molecule has 0 aliphatic rings. The average molecular weight is 370 g/mol. The number of ether oxygens (including phenoxy) is 1. The SMILES string of the molecule is CCOc1ccc(-n2c(SCCC(=O)O)nc3ccccc3c2=O)cc1. The number of carbonyl (C=O) groups is 1. The number of benzene rings is 2. The Bertz CT molecular complexity index is 983. The normalized spacial score (nSPS) is 10.8. The number of fused-ring (bicyclic) bond motifs is 1. The van der Waals surface area contributed by atoms with Crippen LogP contribution in [0.1, 0.15) is 13.3 Å². The second-order valence-electron chi connectivity index (χ2n) is 5.47. The number of thioether (sulfide) groups is 1. The molecular formula is C19H18N2O4S. The van der Waals surface area contributed by atoms with Crippen molar-refractivity contribution >= 4 is 28.6 Å². The summed E-state index contributed by atoms with van der Waals surface area (Å²) in [5.74, 6) is 0.170. The monoisotopic (exact) mass is 370 g/mol. The zero-order chi connectivity index (χ0) is 18.5. The molecule has 0 aliphatic heterocycles. The van der Waals surface area contributed by atoms with Crippen LogP contribution in [0.4, 0.5) is 0 Å². The molecule has 0 radical (unpaired) electrons. The second-order valence-corrected chi connectivity index (χ2v) is 6.53. The standard InChI is InChI=1S/C19H18N2O4S/c1-2-25-14-9-7-13(8-10-14)21-18(24)15-5-3-4-6-16(15)20-19(21)26-12-11-17(22)23/h3-10H,2,11-12H2,1H3,(H,22,23). The minimum Gasteiger partial charge on any atom is -0.494 e. The van der Waals surface area contributed by atoms with E-state index in [1.165, 1.54) is 16.3 Å². The lowest BCUT2D eigenvalue weighted by atomic mass is 10.2. The fourth-order valence-corrected chi connectivity index (χ4v) is 3.46. The number of aliphatic carboxylic acids is 1. The number of carboxylic acid groups (broad SMARTS) is 1. The summed E-state index contributed by atoms with van der Waals surface area (Å²) in [5, 5.41) is 9.86. The number of carboxylic acids is 1. The number of nitrogens with zero attached hydrogens (tertiary/aromatic N) is 2. The topological polar surface area (TPSA) is 81.4 Å². The first-order valence-electron chi connectivity index (χ1n) is 8.19. The first-order valence-corrected chi connectivity index (χ1v) is 9.18. The van der Waals surface area contributed by atoms with Crippen molar-refractivity contribution < 1.29 is 14.6 Å². The first kappa shape index (κ1) is 18.0. The van der Waals surface area contributed by atoms with Gasteiger partial charge >= 0.3 is 5.97 Å².